The average molecular weight is 670 g/mol. The van der Waals surface area contributed by atoms with Gasteiger partial charge in [-0.15, -0.1) is 0 Å². The molecule has 1 unspecified atom stereocenters. The van der Waals surface area contributed by atoms with Gasteiger partial charge in [-0.3, -0.25) is 15.1 Å². The average Bonchev–Trinajstić information content (AvgIpc) is 3.70. The summed E-state index contributed by atoms with van der Waals surface area (Å²) in [6.07, 6.45) is 3.06. The van der Waals surface area contributed by atoms with Gasteiger partial charge in [0.25, 0.3) is 25.7 Å². The number of guanidine groups is 1. The molecular formula is C31H35N5O8S2. The summed E-state index contributed by atoms with van der Waals surface area (Å²) in [6.45, 7) is 5.34. The summed E-state index contributed by atoms with van der Waals surface area (Å²) in [5.41, 5.74) is 8.14. The molecule has 1 aliphatic heterocycles. The van der Waals surface area contributed by atoms with Gasteiger partial charge < -0.3 is 10.5 Å². The van der Waals surface area contributed by atoms with Crippen LogP contribution in [0.4, 0.5) is 5.69 Å². The van der Waals surface area contributed by atoms with E-state index in [2.05, 4.69) is 9.71 Å². The van der Waals surface area contributed by atoms with Crippen LogP contribution in [0.25, 0.3) is 0 Å². The molecule has 1 saturated heterocycles. The number of aryl methyl sites for hydroxylation is 3. The van der Waals surface area contributed by atoms with Gasteiger partial charge in [-0.05, 0) is 56.4 Å². The van der Waals surface area contributed by atoms with Crippen molar-refractivity contribution in [1.29, 1.82) is 0 Å². The molecule has 0 bridgehead atoms. The van der Waals surface area contributed by atoms with Crippen LogP contribution in [0.1, 0.15) is 35.1 Å². The van der Waals surface area contributed by atoms with Crippen molar-refractivity contribution in [3.05, 3.63) is 111 Å². The number of rotatable bonds is 13. The Labute approximate surface area is 268 Å². The Morgan fingerprint density at radius 1 is 1.04 bits per heavy atom. The fourth-order valence-electron chi connectivity index (χ4n) is 5.33. The van der Waals surface area contributed by atoms with E-state index in [4.69, 9.17) is 10.5 Å². The predicted molar refractivity (Wildman–Crippen MR) is 172 cm³/mol. The van der Waals surface area contributed by atoms with E-state index in [1.807, 2.05) is 13.0 Å². The summed E-state index contributed by atoms with van der Waals surface area (Å²) in [5.74, 6) is -1.00. The molecule has 1 fully saturated rings. The maximum Gasteiger partial charge on any atom is 0.330 e. The number of hydrogen-bond acceptors (Lipinski definition) is 9. The minimum Gasteiger partial charge on any atom is -0.458 e. The number of sulfonamides is 2. The van der Waals surface area contributed by atoms with Crippen LogP contribution in [0.5, 0.6) is 0 Å². The summed E-state index contributed by atoms with van der Waals surface area (Å²) >= 11 is 0. The lowest BCUT2D eigenvalue weighted by Gasteiger charge is -2.13. The summed E-state index contributed by atoms with van der Waals surface area (Å²) in [6, 6.07) is 16.1. The van der Waals surface area contributed by atoms with Crippen molar-refractivity contribution in [3.63, 3.8) is 0 Å². The molecule has 0 aromatic heterocycles. The van der Waals surface area contributed by atoms with Crippen molar-refractivity contribution in [1.82, 2.24) is 9.03 Å². The zero-order valence-corrected chi connectivity index (χ0v) is 27.1. The normalized spacial score (nSPS) is 18.3. The molecule has 1 heterocycles. The van der Waals surface area contributed by atoms with Crippen LogP contribution in [0.3, 0.4) is 0 Å². The number of carbonyl (C=O) groups is 1. The first-order chi connectivity index (χ1) is 21.7. The van der Waals surface area contributed by atoms with Crippen molar-refractivity contribution in [3.8, 4) is 0 Å². The fourth-order valence-corrected chi connectivity index (χ4v) is 8.69. The number of nitro benzene ring substituents is 1. The highest BCUT2D eigenvalue weighted by atomic mass is 32.2. The number of nitrogens with zero attached hydrogens (tertiary/aromatic N) is 3. The molecule has 46 heavy (non-hydrogen) atoms. The van der Waals surface area contributed by atoms with E-state index in [9.17, 15) is 31.7 Å². The highest BCUT2D eigenvalue weighted by Gasteiger charge is 2.54. The van der Waals surface area contributed by atoms with Gasteiger partial charge in [-0.25, -0.2) is 26.4 Å². The third-order valence-corrected chi connectivity index (χ3v) is 10.9. The molecule has 0 amide bonds. The molecule has 244 valence electrons. The largest absolute Gasteiger partial charge is 0.458 e. The van der Waals surface area contributed by atoms with Gasteiger partial charge in [0.15, 0.2) is 4.90 Å². The van der Waals surface area contributed by atoms with E-state index >= 15 is 0 Å². The second-order valence-corrected chi connectivity index (χ2v) is 14.2. The number of ether oxygens (including phenoxy) is 1. The Kier molecular flexibility index (Phi) is 10.6. The lowest BCUT2D eigenvalue weighted by atomic mass is 10.1. The topological polar surface area (TPSA) is 191 Å². The first-order valence-corrected chi connectivity index (χ1v) is 17.2. The summed E-state index contributed by atoms with van der Waals surface area (Å²) in [4.78, 5) is 26.9. The van der Waals surface area contributed by atoms with E-state index in [1.54, 1.807) is 50.2 Å². The van der Waals surface area contributed by atoms with Crippen LogP contribution in [0.2, 0.25) is 0 Å². The number of aliphatic imine (C=N–C) groups is 1. The second-order valence-electron chi connectivity index (χ2n) is 10.8. The number of hydrogen-bond donors (Lipinski definition) is 2. The van der Waals surface area contributed by atoms with Gasteiger partial charge in [0, 0.05) is 24.7 Å². The Morgan fingerprint density at radius 2 is 1.67 bits per heavy atom. The monoisotopic (exact) mass is 669 g/mol. The minimum absolute atomic E-state index is 0.0303. The number of benzene rings is 3. The number of esters is 1. The summed E-state index contributed by atoms with van der Waals surface area (Å²) < 4.78 is 61.7. The molecule has 0 radical (unpaired) electrons. The van der Waals surface area contributed by atoms with Crippen molar-refractivity contribution in [2.45, 2.75) is 62.1 Å². The molecular weight excluding hydrogens is 635 g/mol. The summed E-state index contributed by atoms with van der Waals surface area (Å²) in [7, 11) is -8.32. The van der Waals surface area contributed by atoms with Gasteiger partial charge in [-0.1, -0.05) is 66.2 Å². The van der Waals surface area contributed by atoms with Gasteiger partial charge in [0.05, 0.1) is 15.9 Å². The molecule has 4 rings (SSSR count). The smallest absolute Gasteiger partial charge is 0.330 e. The number of carbonyl (C=O) groups excluding carboxylic acids is 1. The van der Waals surface area contributed by atoms with E-state index in [0.29, 0.717) is 17.5 Å². The zero-order chi connectivity index (χ0) is 33.6. The molecule has 3 N–H and O–H groups in total. The van der Waals surface area contributed by atoms with Gasteiger partial charge in [0.1, 0.15) is 6.61 Å². The Bertz CT molecular complexity index is 1870. The highest BCUT2D eigenvalue weighted by molar-refractivity contribution is 7.90. The van der Waals surface area contributed by atoms with Crippen LogP contribution in [0.15, 0.2) is 93.7 Å². The quantitative estimate of drug-likeness (QED) is 0.0400. The Hall–Kier alpha value is -4.60. The van der Waals surface area contributed by atoms with E-state index in [-0.39, 0.29) is 30.4 Å². The van der Waals surface area contributed by atoms with Crippen LogP contribution in [-0.4, -0.2) is 56.6 Å². The lowest BCUT2D eigenvalue weighted by Crippen LogP contribution is -2.37. The first-order valence-electron chi connectivity index (χ1n) is 14.3. The predicted octanol–water partition coefficient (Wildman–Crippen LogP) is 3.63. The Morgan fingerprint density at radius 3 is 2.33 bits per heavy atom. The maximum atomic E-state index is 13.6. The Balaban J connectivity index is 1.45. The summed E-state index contributed by atoms with van der Waals surface area (Å²) in [5, 5.41) is 11.6. The molecule has 13 nitrogen and oxygen atoms in total. The van der Waals surface area contributed by atoms with Crippen LogP contribution < -0.4 is 10.5 Å². The molecule has 3 aromatic carbocycles. The minimum atomic E-state index is -4.33. The van der Waals surface area contributed by atoms with E-state index in [0.717, 1.165) is 33.6 Å². The number of nitrogens with one attached hydrogen (secondary N) is 1. The first kappa shape index (κ1) is 34.3. The standard InChI is InChI=1S/C31H35N5O8S2/c1-21-18-22(2)30(23(3)19-21)45(40,41)34-31(32)33-17-9-13-25-26(15-16-29(37)44-20-24-10-5-4-6-11-24)35(25)46(42,43)28-14-8-7-12-27(28)36(38)39/h4-8,10-12,14-16,18-19,25-26H,9,13,17,20H2,1-3H3,(H3,32,33,34)/b16-15+/t25-,26+,35?/m0/s1. The number of nitrogens with two attached hydrogens (primary N) is 1. The van der Waals surface area contributed by atoms with Gasteiger partial charge in [-0.2, -0.15) is 4.31 Å². The molecule has 15 heteroatoms. The lowest BCUT2D eigenvalue weighted by molar-refractivity contribution is -0.387. The molecule has 1 aliphatic rings. The molecule has 0 spiro atoms. The van der Waals surface area contributed by atoms with Crippen molar-refractivity contribution < 1.29 is 31.3 Å². The van der Waals surface area contributed by atoms with Crippen LogP contribution in [0, 0.1) is 30.9 Å². The zero-order valence-electron chi connectivity index (χ0n) is 25.5. The maximum absolute atomic E-state index is 13.6. The number of para-hydroxylation sites is 1. The molecule has 0 saturated carbocycles. The van der Waals surface area contributed by atoms with Crippen molar-refractivity contribution >= 4 is 37.7 Å². The molecule has 3 aromatic rings. The number of nitro groups is 1. The van der Waals surface area contributed by atoms with Crippen LogP contribution in [-0.2, 0) is 36.2 Å². The van der Waals surface area contributed by atoms with Crippen molar-refractivity contribution in [2.75, 3.05) is 6.54 Å². The third-order valence-electron chi connectivity index (χ3n) is 7.25. The van der Waals surface area contributed by atoms with Crippen LogP contribution >= 0.6 is 0 Å². The SMILES string of the molecule is Cc1cc(C)c(S(=O)(=O)NC(N)=NCCC[C@H]2[C@@H](/C=C/C(=O)OCc3ccccc3)N2S(=O)(=O)c2ccccc2[N+](=O)[O-])c(C)c1. The highest BCUT2D eigenvalue weighted by Crippen LogP contribution is 2.41. The fraction of sp³-hybridized carbons (Fsp3) is 0.290. The van der Waals surface area contributed by atoms with Crippen molar-refractivity contribution in [2.24, 2.45) is 10.7 Å². The van der Waals surface area contributed by atoms with E-state index in [1.165, 1.54) is 18.2 Å². The van der Waals surface area contributed by atoms with Gasteiger partial charge >= 0.3 is 5.97 Å². The molecule has 3 atom stereocenters. The second kappa shape index (κ2) is 14.2. The van der Waals surface area contributed by atoms with Gasteiger partial charge in [0.2, 0.25) is 5.96 Å². The third kappa shape index (κ3) is 8.16. The molecule has 0 aliphatic carbocycles. The van der Waals surface area contributed by atoms with E-state index < -0.39 is 53.6 Å².